The molecular weight excluding hydrogens is 314 g/mol. The summed E-state index contributed by atoms with van der Waals surface area (Å²) in [5.74, 6) is -1.20. The molecule has 4 heteroatoms. The lowest BCUT2D eigenvalue weighted by Gasteiger charge is -2.38. The number of aryl methyl sites for hydroxylation is 1. The maximum atomic E-state index is 13.3. The van der Waals surface area contributed by atoms with Crippen molar-refractivity contribution in [3.63, 3.8) is 0 Å². The van der Waals surface area contributed by atoms with Gasteiger partial charge in [0.25, 0.3) is 0 Å². The number of carbonyl (C=O) groups excluding carboxylic acids is 1. The van der Waals surface area contributed by atoms with E-state index in [1.54, 1.807) is 4.90 Å². The molecule has 128 valence electrons. The largest absolute Gasteiger partial charge is 0.480 e. The van der Waals surface area contributed by atoms with Crippen molar-refractivity contribution in [1.29, 1.82) is 0 Å². The Morgan fingerprint density at radius 3 is 2.40 bits per heavy atom. The predicted octanol–water partition coefficient (Wildman–Crippen LogP) is 3.14. The molecule has 2 aromatic carbocycles. The lowest BCUT2D eigenvalue weighted by molar-refractivity contribution is -0.152. The van der Waals surface area contributed by atoms with Gasteiger partial charge >= 0.3 is 5.97 Å². The molecule has 1 aliphatic carbocycles. The second-order valence-corrected chi connectivity index (χ2v) is 6.94. The molecule has 2 aromatic rings. The Labute approximate surface area is 147 Å². The number of nitrogens with zero attached hydrogens (tertiary/aromatic N) is 1. The third-order valence-electron chi connectivity index (χ3n) is 5.48. The molecule has 2 unspecified atom stereocenters. The van der Waals surface area contributed by atoms with E-state index >= 15 is 0 Å². The van der Waals surface area contributed by atoms with Crippen LogP contribution in [0.2, 0.25) is 0 Å². The molecule has 0 radical (unpaired) electrons. The Bertz CT molecular complexity index is 829. The van der Waals surface area contributed by atoms with Gasteiger partial charge in [0.05, 0.1) is 5.92 Å². The molecule has 1 aliphatic heterocycles. The molecule has 0 bridgehead atoms. The Morgan fingerprint density at radius 2 is 1.64 bits per heavy atom. The summed E-state index contributed by atoms with van der Waals surface area (Å²) < 4.78 is 0. The maximum absolute atomic E-state index is 13.3. The zero-order valence-corrected chi connectivity index (χ0v) is 14.0. The molecule has 2 atom stereocenters. The molecule has 0 saturated heterocycles. The minimum atomic E-state index is -0.924. The lowest BCUT2D eigenvalue weighted by Crippen LogP contribution is -2.50. The van der Waals surface area contributed by atoms with Crippen molar-refractivity contribution in [2.24, 2.45) is 0 Å². The van der Waals surface area contributed by atoms with Crippen LogP contribution in [0.4, 0.5) is 0 Å². The van der Waals surface area contributed by atoms with Crippen LogP contribution in [0.5, 0.6) is 0 Å². The number of hydrogen-bond donors (Lipinski definition) is 1. The van der Waals surface area contributed by atoms with Gasteiger partial charge in [0.15, 0.2) is 0 Å². The molecule has 1 N–H and O–H groups in total. The number of aliphatic carboxylic acids is 1. The molecule has 4 nitrogen and oxygen atoms in total. The fourth-order valence-electron chi connectivity index (χ4n) is 4.19. The minimum absolute atomic E-state index is 0.0472. The van der Waals surface area contributed by atoms with Crippen molar-refractivity contribution in [2.75, 3.05) is 0 Å². The third-order valence-corrected chi connectivity index (χ3v) is 5.48. The first-order valence-corrected chi connectivity index (χ1v) is 8.83. The number of fused-ring (bicyclic) bond motifs is 2. The van der Waals surface area contributed by atoms with E-state index in [1.807, 2.05) is 42.5 Å². The van der Waals surface area contributed by atoms with Gasteiger partial charge in [-0.2, -0.15) is 0 Å². The van der Waals surface area contributed by atoms with Crippen molar-refractivity contribution in [3.8, 4) is 0 Å². The maximum Gasteiger partial charge on any atom is 0.326 e. The quantitative estimate of drug-likeness (QED) is 0.917. The van der Waals surface area contributed by atoms with E-state index in [2.05, 4.69) is 6.07 Å². The van der Waals surface area contributed by atoms with Crippen LogP contribution in [0.1, 0.15) is 41.0 Å². The SMILES string of the molecule is O=C(O)C1Cc2ccccc2CN1C(=O)C1CCCc2ccccc21. The van der Waals surface area contributed by atoms with E-state index in [0.29, 0.717) is 13.0 Å². The van der Waals surface area contributed by atoms with Gasteiger partial charge in [0, 0.05) is 13.0 Å². The highest BCUT2D eigenvalue weighted by molar-refractivity contribution is 5.89. The number of carbonyl (C=O) groups is 2. The summed E-state index contributed by atoms with van der Waals surface area (Å²) in [6.45, 7) is 0.380. The topological polar surface area (TPSA) is 57.6 Å². The van der Waals surface area contributed by atoms with E-state index in [0.717, 1.165) is 36.0 Å². The van der Waals surface area contributed by atoms with Crippen molar-refractivity contribution in [3.05, 3.63) is 70.8 Å². The summed E-state index contributed by atoms with van der Waals surface area (Å²) in [7, 11) is 0. The molecule has 25 heavy (non-hydrogen) atoms. The fourth-order valence-corrected chi connectivity index (χ4v) is 4.19. The average molecular weight is 335 g/mol. The molecule has 2 aliphatic rings. The first kappa shape index (κ1) is 15.9. The Balaban J connectivity index is 1.68. The normalized spacial score (nSPS) is 22.0. The summed E-state index contributed by atoms with van der Waals surface area (Å²) in [5, 5.41) is 9.68. The molecule has 0 fully saturated rings. The van der Waals surface area contributed by atoms with Crippen molar-refractivity contribution < 1.29 is 14.7 Å². The number of amides is 1. The monoisotopic (exact) mass is 335 g/mol. The predicted molar refractivity (Wildman–Crippen MR) is 94.2 cm³/mol. The van der Waals surface area contributed by atoms with Gasteiger partial charge in [0.2, 0.25) is 5.91 Å². The van der Waals surface area contributed by atoms with Crippen molar-refractivity contribution >= 4 is 11.9 Å². The second kappa shape index (κ2) is 6.36. The van der Waals surface area contributed by atoms with Crippen LogP contribution in [0.3, 0.4) is 0 Å². The molecular formula is C21H21NO3. The van der Waals surface area contributed by atoms with E-state index in [4.69, 9.17) is 0 Å². The second-order valence-electron chi connectivity index (χ2n) is 6.94. The van der Waals surface area contributed by atoms with E-state index in [-0.39, 0.29) is 11.8 Å². The zero-order valence-electron chi connectivity index (χ0n) is 14.0. The molecule has 4 rings (SSSR count). The van der Waals surface area contributed by atoms with Gasteiger partial charge in [-0.3, -0.25) is 4.79 Å². The third kappa shape index (κ3) is 2.82. The van der Waals surface area contributed by atoms with Crippen LogP contribution in [-0.2, 0) is 29.0 Å². The lowest BCUT2D eigenvalue weighted by atomic mass is 9.81. The summed E-state index contributed by atoms with van der Waals surface area (Å²) in [5.41, 5.74) is 4.37. The van der Waals surface area contributed by atoms with Crippen LogP contribution in [-0.4, -0.2) is 27.9 Å². The van der Waals surface area contributed by atoms with E-state index < -0.39 is 12.0 Å². The average Bonchev–Trinajstić information content (AvgIpc) is 2.66. The van der Waals surface area contributed by atoms with Gasteiger partial charge in [-0.25, -0.2) is 4.79 Å². The first-order chi connectivity index (χ1) is 12.1. The van der Waals surface area contributed by atoms with Crippen molar-refractivity contribution in [2.45, 2.75) is 44.2 Å². The minimum Gasteiger partial charge on any atom is -0.480 e. The highest BCUT2D eigenvalue weighted by atomic mass is 16.4. The molecule has 1 heterocycles. The Hall–Kier alpha value is -2.62. The molecule has 0 saturated carbocycles. The van der Waals surface area contributed by atoms with Crippen LogP contribution in [0.25, 0.3) is 0 Å². The molecule has 1 amide bonds. The van der Waals surface area contributed by atoms with E-state index in [9.17, 15) is 14.7 Å². The van der Waals surface area contributed by atoms with Gasteiger partial charge in [0.1, 0.15) is 6.04 Å². The molecule has 0 spiro atoms. The van der Waals surface area contributed by atoms with Gasteiger partial charge in [-0.1, -0.05) is 48.5 Å². The van der Waals surface area contributed by atoms with Gasteiger partial charge in [-0.15, -0.1) is 0 Å². The summed E-state index contributed by atoms with van der Waals surface area (Å²) in [4.78, 5) is 26.7. The summed E-state index contributed by atoms with van der Waals surface area (Å²) in [6, 6.07) is 15.1. The van der Waals surface area contributed by atoms with Crippen LogP contribution >= 0.6 is 0 Å². The van der Waals surface area contributed by atoms with Crippen LogP contribution < -0.4 is 0 Å². The smallest absolute Gasteiger partial charge is 0.326 e. The Morgan fingerprint density at radius 1 is 0.960 bits per heavy atom. The van der Waals surface area contributed by atoms with E-state index in [1.165, 1.54) is 5.56 Å². The first-order valence-electron chi connectivity index (χ1n) is 8.83. The highest BCUT2D eigenvalue weighted by Crippen LogP contribution is 2.35. The molecule has 0 aromatic heterocycles. The number of carboxylic acid groups (broad SMARTS) is 1. The van der Waals surface area contributed by atoms with Crippen molar-refractivity contribution in [1.82, 2.24) is 4.90 Å². The Kier molecular flexibility index (Phi) is 4.04. The highest BCUT2D eigenvalue weighted by Gasteiger charge is 2.38. The fraction of sp³-hybridized carbons (Fsp3) is 0.333. The van der Waals surface area contributed by atoms with Crippen LogP contribution in [0, 0.1) is 0 Å². The summed E-state index contributed by atoms with van der Waals surface area (Å²) in [6.07, 6.45) is 3.13. The number of carboxylic acids is 1. The number of hydrogen-bond acceptors (Lipinski definition) is 2. The zero-order chi connectivity index (χ0) is 17.4. The van der Waals surface area contributed by atoms with Crippen LogP contribution in [0.15, 0.2) is 48.5 Å². The standard InChI is InChI=1S/C21H21NO3/c23-20(18-11-5-9-14-6-3-4-10-17(14)18)22-13-16-8-2-1-7-15(16)12-19(22)21(24)25/h1-4,6-8,10,18-19H,5,9,11-13H2,(H,24,25). The van der Waals surface area contributed by atoms with Gasteiger partial charge < -0.3 is 10.0 Å². The van der Waals surface area contributed by atoms with Gasteiger partial charge in [-0.05, 0) is 41.5 Å². The number of rotatable bonds is 2. The number of benzene rings is 2. The summed E-state index contributed by atoms with van der Waals surface area (Å²) >= 11 is 0.